The zero-order valence-corrected chi connectivity index (χ0v) is 14.9. The third-order valence-electron chi connectivity index (χ3n) is 3.21. The highest BCUT2D eigenvalue weighted by atomic mass is 79.9. The number of ether oxygens (including phenoxy) is 2. The van der Waals surface area contributed by atoms with Crippen LogP contribution in [0.2, 0.25) is 0 Å². The van der Waals surface area contributed by atoms with Gasteiger partial charge in [0.15, 0.2) is 0 Å². The molecule has 2 rings (SSSR count). The lowest BCUT2D eigenvalue weighted by molar-refractivity contribution is 0.392. The molecule has 0 amide bonds. The van der Waals surface area contributed by atoms with Gasteiger partial charge in [-0.3, -0.25) is 0 Å². The van der Waals surface area contributed by atoms with Crippen LogP contribution >= 0.6 is 27.3 Å². The predicted molar refractivity (Wildman–Crippen MR) is 91.7 cm³/mol. The highest BCUT2D eigenvalue weighted by Gasteiger charge is 2.19. The third kappa shape index (κ3) is 3.99. The quantitative estimate of drug-likeness (QED) is 0.772. The van der Waals surface area contributed by atoms with Gasteiger partial charge in [-0.1, -0.05) is 6.92 Å². The molecule has 0 aliphatic rings. The Bertz CT molecular complexity index is 563. The summed E-state index contributed by atoms with van der Waals surface area (Å²) in [5, 5.41) is 5.70. The maximum absolute atomic E-state index is 5.38. The number of halogens is 1. The molecule has 0 aliphatic heterocycles. The molecule has 1 unspecified atom stereocenters. The van der Waals surface area contributed by atoms with Crippen LogP contribution < -0.4 is 14.8 Å². The summed E-state index contributed by atoms with van der Waals surface area (Å²) in [4.78, 5) is 1.26. The maximum atomic E-state index is 5.38. The third-order valence-corrected chi connectivity index (χ3v) is 5.15. The van der Waals surface area contributed by atoms with Crippen molar-refractivity contribution in [2.24, 2.45) is 0 Å². The summed E-state index contributed by atoms with van der Waals surface area (Å²) in [6.45, 7) is 3.12. The summed E-state index contributed by atoms with van der Waals surface area (Å²) in [6, 6.07) is 8.22. The lowest BCUT2D eigenvalue weighted by Crippen LogP contribution is -2.22. The second kappa shape index (κ2) is 7.82. The smallest absolute Gasteiger partial charge is 0.122 e. The van der Waals surface area contributed by atoms with Crippen LogP contribution in [-0.2, 0) is 0 Å². The maximum Gasteiger partial charge on any atom is 0.122 e. The summed E-state index contributed by atoms with van der Waals surface area (Å²) in [7, 11) is 3.35. The molecule has 1 atom stereocenters. The van der Waals surface area contributed by atoms with Gasteiger partial charge in [0.1, 0.15) is 11.5 Å². The van der Waals surface area contributed by atoms with Gasteiger partial charge in [0.25, 0.3) is 0 Å². The fourth-order valence-electron chi connectivity index (χ4n) is 2.16. The van der Waals surface area contributed by atoms with Gasteiger partial charge in [0.05, 0.1) is 20.3 Å². The molecule has 21 heavy (non-hydrogen) atoms. The van der Waals surface area contributed by atoms with Gasteiger partial charge in [0.2, 0.25) is 0 Å². The van der Waals surface area contributed by atoms with Crippen molar-refractivity contribution in [3.8, 4) is 11.5 Å². The second-order valence-electron chi connectivity index (χ2n) is 4.67. The Morgan fingerprint density at radius 1 is 1.19 bits per heavy atom. The first-order valence-electron chi connectivity index (χ1n) is 6.88. The number of benzene rings is 1. The summed E-state index contributed by atoms with van der Waals surface area (Å²) >= 11 is 5.37. The Kier molecular flexibility index (Phi) is 6.08. The van der Waals surface area contributed by atoms with Crippen LogP contribution in [0.3, 0.4) is 0 Å². The largest absolute Gasteiger partial charge is 0.497 e. The summed E-state index contributed by atoms with van der Waals surface area (Å²) < 4.78 is 11.9. The van der Waals surface area contributed by atoms with Crippen LogP contribution in [0, 0.1) is 0 Å². The average molecular weight is 370 g/mol. The molecular formula is C16H20BrNO2S. The van der Waals surface area contributed by atoms with Gasteiger partial charge in [-0.05, 0) is 58.0 Å². The average Bonchev–Trinajstić information content (AvgIpc) is 2.93. The van der Waals surface area contributed by atoms with E-state index in [9.17, 15) is 0 Å². The van der Waals surface area contributed by atoms with E-state index in [0.29, 0.717) is 0 Å². The fraction of sp³-hybridized carbons (Fsp3) is 0.375. The molecule has 1 aromatic carbocycles. The minimum absolute atomic E-state index is 0.128. The van der Waals surface area contributed by atoms with E-state index in [2.05, 4.69) is 51.7 Å². The van der Waals surface area contributed by atoms with Crippen molar-refractivity contribution in [1.29, 1.82) is 0 Å². The van der Waals surface area contributed by atoms with Crippen LogP contribution in [0.1, 0.15) is 29.8 Å². The first-order chi connectivity index (χ1) is 10.2. The van der Waals surface area contributed by atoms with Crippen molar-refractivity contribution in [2.45, 2.75) is 19.4 Å². The fourth-order valence-corrected chi connectivity index (χ4v) is 3.86. The van der Waals surface area contributed by atoms with Crippen molar-refractivity contribution in [2.75, 3.05) is 20.8 Å². The summed E-state index contributed by atoms with van der Waals surface area (Å²) in [5.74, 6) is 1.61. The van der Waals surface area contributed by atoms with E-state index in [1.54, 1.807) is 25.6 Å². The van der Waals surface area contributed by atoms with Crippen molar-refractivity contribution in [3.05, 3.63) is 44.6 Å². The molecule has 1 heterocycles. The number of methoxy groups -OCH3 is 2. The van der Waals surface area contributed by atoms with Gasteiger partial charge < -0.3 is 14.8 Å². The van der Waals surface area contributed by atoms with Crippen molar-refractivity contribution >= 4 is 27.3 Å². The number of thiophene rings is 1. The van der Waals surface area contributed by atoms with Gasteiger partial charge in [-0.15, -0.1) is 11.3 Å². The molecule has 0 spiro atoms. The Morgan fingerprint density at radius 3 is 2.33 bits per heavy atom. The molecule has 0 saturated carbocycles. The second-order valence-corrected chi connectivity index (χ2v) is 6.47. The van der Waals surface area contributed by atoms with E-state index < -0.39 is 0 Å². The van der Waals surface area contributed by atoms with Crippen LogP contribution in [0.25, 0.3) is 0 Å². The molecule has 1 N–H and O–H groups in total. The lowest BCUT2D eigenvalue weighted by atomic mass is 10.0. The van der Waals surface area contributed by atoms with Gasteiger partial charge >= 0.3 is 0 Å². The highest BCUT2D eigenvalue weighted by Crippen LogP contribution is 2.36. The number of rotatable bonds is 7. The molecule has 2 aromatic rings. The lowest BCUT2D eigenvalue weighted by Gasteiger charge is -2.20. The van der Waals surface area contributed by atoms with Crippen LogP contribution in [-0.4, -0.2) is 20.8 Å². The SMILES string of the molecule is CCCNC(c1cc(OC)cc(OC)c1)c1sccc1Br. The zero-order valence-electron chi connectivity index (χ0n) is 12.5. The molecule has 0 fully saturated rings. The normalized spacial score (nSPS) is 12.2. The van der Waals surface area contributed by atoms with E-state index in [0.717, 1.165) is 34.5 Å². The molecule has 0 saturated heterocycles. The molecule has 5 heteroatoms. The topological polar surface area (TPSA) is 30.5 Å². The zero-order chi connectivity index (χ0) is 15.2. The van der Waals surface area contributed by atoms with E-state index in [-0.39, 0.29) is 6.04 Å². The molecule has 0 aliphatic carbocycles. The van der Waals surface area contributed by atoms with Gasteiger partial charge in [-0.2, -0.15) is 0 Å². The van der Waals surface area contributed by atoms with Crippen LogP contribution in [0.5, 0.6) is 11.5 Å². The van der Waals surface area contributed by atoms with Crippen molar-refractivity contribution in [3.63, 3.8) is 0 Å². The Balaban J connectivity index is 2.43. The van der Waals surface area contributed by atoms with E-state index >= 15 is 0 Å². The minimum atomic E-state index is 0.128. The standard InChI is InChI=1S/C16H20BrNO2S/c1-4-6-18-15(16-14(17)5-7-21-16)11-8-12(19-2)10-13(9-11)20-3/h5,7-10,15,18H,4,6H2,1-3H3. The first-order valence-corrected chi connectivity index (χ1v) is 8.56. The number of hydrogen-bond donors (Lipinski definition) is 1. The van der Waals surface area contributed by atoms with Gasteiger partial charge in [-0.25, -0.2) is 0 Å². The Morgan fingerprint density at radius 2 is 1.86 bits per heavy atom. The summed E-state index contributed by atoms with van der Waals surface area (Å²) in [6.07, 6.45) is 1.08. The van der Waals surface area contributed by atoms with E-state index in [4.69, 9.17) is 9.47 Å². The van der Waals surface area contributed by atoms with Crippen molar-refractivity contribution < 1.29 is 9.47 Å². The Labute approximate surface area is 138 Å². The Hall–Kier alpha value is -1.04. The minimum Gasteiger partial charge on any atom is -0.497 e. The van der Waals surface area contributed by atoms with Crippen LogP contribution in [0.4, 0.5) is 0 Å². The van der Waals surface area contributed by atoms with E-state index in [1.165, 1.54) is 4.88 Å². The predicted octanol–water partition coefficient (Wildman–Crippen LogP) is 4.62. The molecule has 0 radical (unpaired) electrons. The molecular weight excluding hydrogens is 350 g/mol. The molecule has 3 nitrogen and oxygen atoms in total. The number of hydrogen-bond acceptors (Lipinski definition) is 4. The summed E-state index contributed by atoms with van der Waals surface area (Å²) in [5.41, 5.74) is 1.14. The molecule has 0 bridgehead atoms. The van der Waals surface area contributed by atoms with E-state index in [1.807, 2.05) is 6.07 Å². The number of nitrogens with one attached hydrogen (secondary N) is 1. The molecule has 114 valence electrons. The van der Waals surface area contributed by atoms with Crippen LogP contribution in [0.15, 0.2) is 34.1 Å². The monoisotopic (exact) mass is 369 g/mol. The molecule has 1 aromatic heterocycles. The first kappa shape index (κ1) is 16.3. The van der Waals surface area contributed by atoms with Crippen molar-refractivity contribution in [1.82, 2.24) is 5.32 Å². The highest BCUT2D eigenvalue weighted by molar-refractivity contribution is 9.10. The van der Waals surface area contributed by atoms with Gasteiger partial charge in [0, 0.05) is 15.4 Å².